The van der Waals surface area contributed by atoms with Gasteiger partial charge in [0, 0.05) is 26.2 Å². The molecule has 0 amide bonds. The lowest BCUT2D eigenvalue weighted by Gasteiger charge is -2.24. The van der Waals surface area contributed by atoms with Gasteiger partial charge in [0.2, 0.25) is 0 Å². The van der Waals surface area contributed by atoms with E-state index < -0.39 is 35.3 Å². The van der Waals surface area contributed by atoms with Crippen molar-refractivity contribution in [2.75, 3.05) is 26.2 Å². The molecule has 0 aromatic carbocycles. The van der Waals surface area contributed by atoms with Crippen LogP contribution in [0.4, 0.5) is 0 Å². The quantitative estimate of drug-likeness (QED) is 0.193. The molecule has 0 aliphatic rings. The largest absolute Gasteiger partial charge is 0.481 e. The smallest absolute Gasteiger partial charge is 0.322 e. The Hall–Kier alpha value is -1.22. The summed E-state index contributed by atoms with van der Waals surface area (Å²) in [6.45, 7) is 11.8. The van der Waals surface area contributed by atoms with Crippen LogP contribution in [0.3, 0.4) is 0 Å². The van der Waals surface area contributed by atoms with Crippen molar-refractivity contribution in [2.45, 2.75) is 59.0 Å². The molecule has 0 saturated heterocycles. The van der Waals surface area contributed by atoms with Crippen molar-refractivity contribution in [1.29, 1.82) is 0 Å². The Bertz CT molecular complexity index is 400. The van der Waals surface area contributed by atoms with Crippen molar-refractivity contribution in [3.63, 3.8) is 0 Å². The number of aliphatic hydroxyl groups excluding tert-OH is 1. The molecule has 0 bridgehead atoms. The van der Waals surface area contributed by atoms with Crippen molar-refractivity contribution in [3.05, 3.63) is 0 Å². The molecule has 0 aromatic rings. The molecule has 0 saturated carbocycles. The minimum Gasteiger partial charge on any atom is -0.481 e. The monoisotopic (exact) mass is 348 g/mol. The third-order valence-corrected chi connectivity index (χ3v) is 2.62. The van der Waals surface area contributed by atoms with Crippen LogP contribution < -0.4 is 10.6 Å². The van der Waals surface area contributed by atoms with Crippen LogP contribution in [0.1, 0.15) is 41.5 Å². The first-order valence-electron chi connectivity index (χ1n) is 8.05. The summed E-state index contributed by atoms with van der Waals surface area (Å²) in [4.78, 5) is 23.0. The van der Waals surface area contributed by atoms with Crippen molar-refractivity contribution in [1.82, 2.24) is 10.6 Å². The first-order chi connectivity index (χ1) is 10.8. The molecule has 0 aliphatic heterocycles. The summed E-state index contributed by atoms with van der Waals surface area (Å²) in [5.74, 6) is -3.23. The summed E-state index contributed by atoms with van der Waals surface area (Å²) in [7, 11) is 0. The highest BCUT2D eigenvalue weighted by atomic mass is 16.6. The number of esters is 1. The molecule has 8 nitrogen and oxygen atoms in total. The van der Waals surface area contributed by atoms with E-state index in [1.807, 2.05) is 20.8 Å². The van der Waals surface area contributed by atoms with Crippen LogP contribution in [-0.2, 0) is 19.1 Å². The van der Waals surface area contributed by atoms with E-state index in [-0.39, 0.29) is 13.1 Å². The van der Waals surface area contributed by atoms with Crippen molar-refractivity contribution >= 4 is 11.9 Å². The number of hydrogen-bond acceptors (Lipinski definition) is 7. The normalized spacial score (nSPS) is 15.0. The molecule has 142 valence electrons. The minimum absolute atomic E-state index is 0.0209. The zero-order valence-electron chi connectivity index (χ0n) is 15.5. The molecular formula is C16H32N2O6. The van der Waals surface area contributed by atoms with Crippen LogP contribution in [0, 0.1) is 5.92 Å². The predicted octanol–water partition coefficient (Wildman–Crippen LogP) is 0.342. The summed E-state index contributed by atoms with van der Waals surface area (Å²) in [6, 6.07) is 0. The summed E-state index contributed by atoms with van der Waals surface area (Å²) in [5.41, 5.74) is -1.16. The average molecular weight is 348 g/mol. The van der Waals surface area contributed by atoms with Crippen molar-refractivity contribution in [2.24, 2.45) is 5.92 Å². The molecule has 0 aromatic heterocycles. The number of ether oxygens (including phenoxy) is 2. The third-order valence-electron chi connectivity index (χ3n) is 2.62. The standard InChI is InChI=1S/C16H32N2O6/c1-15(2,3)23-12(19)10-18-8-7-17-9-11(13(20)21)14(22)24-16(4,5)6/h11-12,17-19H,7-10H2,1-6H3,(H,20,21). The molecule has 2 unspecified atom stereocenters. The molecular weight excluding hydrogens is 316 g/mol. The fourth-order valence-electron chi connectivity index (χ4n) is 1.74. The number of rotatable bonds is 10. The minimum atomic E-state index is -1.25. The van der Waals surface area contributed by atoms with E-state index in [1.54, 1.807) is 20.8 Å². The van der Waals surface area contributed by atoms with Crippen LogP contribution in [0.2, 0.25) is 0 Å². The molecule has 24 heavy (non-hydrogen) atoms. The Balaban J connectivity index is 4.02. The van der Waals surface area contributed by atoms with E-state index >= 15 is 0 Å². The Labute approximate surface area is 143 Å². The van der Waals surface area contributed by atoms with Gasteiger partial charge >= 0.3 is 11.9 Å². The summed E-state index contributed by atoms with van der Waals surface area (Å²) in [6.07, 6.45) is -0.918. The lowest BCUT2D eigenvalue weighted by Crippen LogP contribution is -2.41. The van der Waals surface area contributed by atoms with Gasteiger partial charge in [0.15, 0.2) is 12.2 Å². The maximum Gasteiger partial charge on any atom is 0.322 e. The predicted molar refractivity (Wildman–Crippen MR) is 89.6 cm³/mol. The first kappa shape index (κ1) is 22.8. The molecule has 8 heteroatoms. The first-order valence-corrected chi connectivity index (χ1v) is 8.05. The second-order valence-corrected chi connectivity index (χ2v) is 7.52. The fourth-order valence-corrected chi connectivity index (χ4v) is 1.74. The van der Waals surface area contributed by atoms with Gasteiger partial charge in [-0.3, -0.25) is 9.59 Å². The van der Waals surface area contributed by atoms with Gasteiger partial charge in [-0.2, -0.15) is 0 Å². The number of aliphatic hydroxyl groups is 1. The SMILES string of the molecule is CC(C)(C)OC(=O)C(CNCCNCC(O)OC(C)(C)C)C(=O)O. The maximum absolute atomic E-state index is 11.8. The maximum atomic E-state index is 11.8. The van der Waals surface area contributed by atoms with Crippen LogP contribution in [-0.4, -0.2) is 65.8 Å². The summed E-state index contributed by atoms with van der Waals surface area (Å²) >= 11 is 0. The lowest BCUT2D eigenvalue weighted by atomic mass is 10.1. The zero-order valence-corrected chi connectivity index (χ0v) is 15.5. The molecule has 0 aliphatic carbocycles. The Morgan fingerprint density at radius 1 is 0.958 bits per heavy atom. The molecule has 0 rings (SSSR count). The van der Waals surface area contributed by atoms with Gasteiger partial charge in [0.25, 0.3) is 0 Å². The third kappa shape index (κ3) is 12.2. The van der Waals surface area contributed by atoms with Crippen molar-refractivity contribution < 1.29 is 29.3 Å². The van der Waals surface area contributed by atoms with Gasteiger partial charge in [-0.05, 0) is 41.5 Å². The number of nitrogens with one attached hydrogen (secondary N) is 2. The molecule has 0 fully saturated rings. The summed E-state index contributed by atoms with van der Waals surface area (Å²) in [5, 5.41) is 24.6. The van der Waals surface area contributed by atoms with Gasteiger partial charge in [0.05, 0.1) is 5.60 Å². The Morgan fingerprint density at radius 3 is 1.88 bits per heavy atom. The van der Waals surface area contributed by atoms with Crippen LogP contribution >= 0.6 is 0 Å². The molecule has 0 radical (unpaired) electrons. The highest BCUT2D eigenvalue weighted by molar-refractivity contribution is 5.94. The topological polar surface area (TPSA) is 117 Å². The molecule has 0 heterocycles. The second-order valence-electron chi connectivity index (χ2n) is 7.52. The summed E-state index contributed by atoms with van der Waals surface area (Å²) < 4.78 is 10.4. The molecule has 0 spiro atoms. The molecule has 4 N–H and O–H groups in total. The van der Waals surface area contributed by atoms with E-state index in [2.05, 4.69) is 10.6 Å². The number of carboxylic acids is 1. The van der Waals surface area contributed by atoms with E-state index in [4.69, 9.17) is 14.6 Å². The number of carbonyl (C=O) groups excluding carboxylic acids is 1. The van der Waals surface area contributed by atoms with Gasteiger partial charge in [0.1, 0.15) is 5.60 Å². The number of carboxylic acid groups (broad SMARTS) is 1. The van der Waals surface area contributed by atoms with E-state index in [0.717, 1.165) is 0 Å². The number of hydrogen-bond donors (Lipinski definition) is 4. The van der Waals surface area contributed by atoms with Crippen LogP contribution in [0.5, 0.6) is 0 Å². The average Bonchev–Trinajstić information content (AvgIpc) is 2.32. The Kier molecular flexibility index (Phi) is 9.42. The van der Waals surface area contributed by atoms with Crippen LogP contribution in [0.15, 0.2) is 0 Å². The second kappa shape index (κ2) is 9.93. The molecule has 2 atom stereocenters. The van der Waals surface area contributed by atoms with Gasteiger partial charge in [-0.25, -0.2) is 0 Å². The fraction of sp³-hybridized carbons (Fsp3) is 0.875. The van der Waals surface area contributed by atoms with Crippen LogP contribution in [0.25, 0.3) is 0 Å². The van der Waals surface area contributed by atoms with Crippen molar-refractivity contribution in [3.8, 4) is 0 Å². The lowest BCUT2D eigenvalue weighted by molar-refractivity contribution is -0.166. The van der Waals surface area contributed by atoms with E-state index in [9.17, 15) is 14.7 Å². The van der Waals surface area contributed by atoms with Gasteiger partial charge < -0.3 is 30.3 Å². The highest BCUT2D eigenvalue weighted by Gasteiger charge is 2.30. The van der Waals surface area contributed by atoms with Gasteiger partial charge in [-0.15, -0.1) is 0 Å². The number of carbonyl (C=O) groups is 2. The number of aliphatic carboxylic acids is 1. The van der Waals surface area contributed by atoms with E-state index in [0.29, 0.717) is 13.1 Å². The Morgan fingerprint density at radius 2 is 1.46 bits per heavy atom. The van der Waals surface area contributed by atoms with E-state index in [1.165, 1.54) is 0 Å². The zero-order chi connectivity index (χ0) is 19.0. The van der Waals surface area contributed by atoms with Gasteiger partial charge in [-0.1, -0.05) is 0 Å². The highest BCUT2D eigenvalue weighted by Crippen LogP contribution is 2.11.